The standard InChI is InChI=1S/C13H15N3S/c1-17-11-5-2-9(3-6-11)12-7-4-10(8-14)13(15)16-12/h2-7H,8,14H2,1H3,(H2,15,16). The van der Waals surface area contributed by atoms with E-state index in [0.717, 1.165) is 16.8 Å². The Hall–Kier alpha value is -1.52. The summed E-state index contributed by atoms with van der Waals surface area (Å²) in [6.07, 6.45) is 2.06. The Bertz CT molecular complexity index is 509. The van der Waals surface area contributed by atoms with Crippen molar-refractivity contribution in [1.82, 2.24) is 4.98 Å². The average molecular weight is 245 g/mol. The minimum absolute atomic E-state index is 0.421. The van der Waals surface area contributed by atoms with Crippen molar-refractivity contribution < 1.29 is 0 Å². The highest BCUT2D eigenvalue weighted by molar-refractivity contribution is 7.98. The Kier molecular flexibility index (Phi) is 3.66. The molecule has 0 fully saturated rings. The molecule has 17 heavy (non-hydrogen) atoms. The maximum atomic E-state index is 5.83. The molecule has 0 saturated heterocycles. The van der Waals surface area contributed by atoms with Gasteiger partial charge in [-0.1, -0.05) is 18.2 Å². The number of nitrogens with two attached hydrogens (primary N) is 2. The summed E-state index contributed by atoms with van der Waals surface area (Å²) in [7, 11) is 0. The Morgan fingerprint density at radius 3 is 2.35 bits per heavy atom. The minimum atomic E-state index is 0.421. The molecule has 1 aromatic carbocycles. The second-order valence-corrected chi connectivity index (χ2v) is 4.55. The lowest BCUT2D eigenvalue weighted by atomic mass is 10.1. The molecule has 0 atom stereocenters. The van der Waals surface area contributed by atoms with Crippen LogP contribution in [0.15, 0.2) is 41.3 Å². The largest absolute Gasteiger partial charge is 0.383 e. The van der Waals surface area contributed by atoms with Crippen LogP contribution in [0.4, 0.5) is 5.82 Å². The SMILES string of the molecule is CSc1ccc(-c2ccc(CN)c(N)n2)cc1. The highest BCUT2D eigenvalue weighted by Crippen LogP contribution is 2.23. The van der Waals surface area contributed by atoms with Gasteiger partial charge in [-0.25, -0.2) is 4.98 Å². The van der Waals surface area contributed by atoms with Crippen molar-refractivity contribution in [3.05, 3.63) is 42.0 Å². The van der Waals surface area contributed by atoms with Gasteiger partial charge in [0.2, 0.25) is 0 Å². The fraction of sp³-hybridized carbons (Fsp3) is 0.154. The number of pyridine rings is 1. The number of rotatable bonds is 3. The summed E-state index contributed by atoms with van der Waals surface area (Å²) in [6, 6.07) is 12.1. The summed E-state index contributed by atoms with van der Waals surface area (Å²) >= 11 is 1.72. The van der Waals surface area contributed by atoms with Crippen LogP contribution in [-0.4, -0.2) is 11.2 Å². The van der Waals surface area contributed by atoms with Gasteiger partial charge >= 0.3 is 0 Å². The van der Waals surface area contributed by atoms with E-state index in [9.17, 15) is 0 Å². The monoisotopic (exact) mass is 245 g/mol. The van der Waals surface area contributed by atoms with Crippen LogP contribution in [0.3, 0.4) is 0 Å². The van der Waals surface area contributed by atoms with E-state index in [1.165, 1.54) is 4.90 Å². The van der Waals surface area contributed by atoms with E-state index in [1.54, 1.807) is 11.8 Å². The van der Waals surface area contributed by atoms with Crippen molar-refractivity contribution in [1.29, 1.82) is 0 Å². The van der Waals surface area contributed by atoms with Gasteiger partial charge in [0.15, 0.2) is 0 Å². The third-order valence-corrected chi connectivity index (χ3v) is 3.36. The van der Waals surface area contributed by atoms with Gasteiger partial charge in [0.25, 0.3) is 0 Å². The van der Waals surface area contributed by atoms with Crippen LogP contribution < -0.4 is 11.5 Å². The Balaban J connectivity index is 2.35. The van der Waals surface area contributed by atoms with Crippen molar-refractivity contribution >= 4 is 17.6 Å². The molecule has 0 saturated carbocycles. The molecule has 0 unspecified atom stereocenters. The van der Waals surface area contributed by atoms with Crippen LogP contribution in [-0.2, 0) is 6.54 Å². The first-order valence-corrected chi connectivity index (χ1v) is 6.57. The highest BCUT2D eigenvalue weighted by atomic mass is 32.2. The zero-order chi connectivity index (χ0) is 12.3. The van der Waals surface area contributed by atoms with Crippen LogP contribution >= 0.6 is 11.8 Å². The highest BCUT2D eigenvalue weighted by Gasteiger charge is 2.03. The normalized spacial score (nSPS) is 10.5. The second kappa shape index (κ2) is 5.21. The zero-order valence-electron chi connectivity index (χ0n) is 9.68. The molecule has 4 N–H and O–H groups in total. The van der Waals surface area contributed by atoms with Crippen LogP contribution in [0.5, 0.6) is 0 Å². The predicted octanol–water partition coefficient (Wildman–Crippen LogP) is 2.51. The van der Waals surface area contributed by atoms with E-state index in [2.05, 4.69) is 35.5 Å². The zero-order valence-corrected chi connectivity index (χ0v) is 10.5. The third kappa shape index (κ3) is 2.60. The molecular weight excluding hydrogens is 230 g/mol. The number of thioether (sulfide) groups is 1. The van der Waals surface area contributed by atoms with Crippen LogP contribution in [0.1, 0.15) is 5.56 Å². The molecular formula is C13H15N3S. The summed E-state index contributed by atoms with van der Waals surface area (Å²) < 4.78 is 0. The third-order valence-electron chi connectivity index (χ3n) is 2.62. The fourth-order valence-electron chi connectivity index (χ4n) is 1.60. The van der Waals surface area contributed by atoms with Gasteiger partial charge in [0.1, 0.15) is 5.82 Å². The van der Waals surface area contributed by atoms with Gasteiger partial charge in [-0.05, 0) is 24.5 Å². The lowest BCUT2D eigenvalue weighted by molar-refractivity contribution is 1.06. The van der Waals surface area contributed by atoms with Gasteiger partial charge < -0.3 is 11.5 Å². The maximum Gasteiger partial charge on any atom is 0.128 e. The first-order chi connectivity index (χ1) is 8.24. The number of hydrogen-bond acceptors (Lipinski definition) is 4. The summed E-state index contributed by atoms with van der Waals surface area (Å²) in [5.41, 5.74) is 14.2. The Labute approximate surface area is 105 Å². The molecule has 4 heteroatoms. The molecule has 0 aliphatic carbocycles. The summed E-state index contributed by atoms with van der Waals surface area (Å²) in [5.74, 6) is 0.513. The van der Waals surface area contributed by atoms with Gasteiger partial charge in [-0.2, -0.15) is 0 Å². The molecule has 3 nitrogen and oxygen atoms in total. The van der Waals surface area contributed by atoms with Crippen LogP contribution in [0.2, 0.25) is 0 Å². The fourth-order valence-corrected chi connectivity index (χ4v) is 2.01. The number of anilines is 1. The molecule has 0 bridgehead atoms. The van der Waals surface area contributed by atoms with Gasteiger partial charge in [0, 0.05) is 22.6 Å². The molecule has 0 radical (unpaired) electrons. The molecule has 1 heterocycles. The minimum Gasteiger partial charge on any atom is -0.383 e. The van der Waals surface area contributed by atoms with E-state index in [4.69, 9.17) is 11.5 Å². The number of benzene rings is 1. The summed E-state index contributed by atoms with van der Waals surface area (Å²) in [6.45, 7) is 0.421. The molecule has 2 aromatic rings. The van der Waals surface area contributed by atoms with Crippen LogP contribution in [0.25, 0.3) is 11.3 Å². The lowest BCUT2D eigenvalue weighted by Gasteiger charge is -2.06. The van der Waals surface area contributed by atoms with E-state index in [-0.39, 0.29) is 0 Å². The lowest BCUT2D eigenvalue weighted by Crippen LogP contribution is -2.03. The quantitative estimate of drug-likeness (QED) is 0.815. The maximum absolute atomic E-state index is 5.83. The van der Waals surface area contributed by atoms with Crippen molar-refractivity contribution in [3.63, 3.8) is 0 Å². The van der Waals surface area contributed by atoms with Crippen molar-refractivity contribution in [2.24, 2.45) is 5.73 Å². The number of aromatic nitrogens is 1. The van der Waals surface area contributed by atoms with Gasteiger partial charge in [-0.3, -0.25) is 0 Å². The summed E-state index contributed by atoms with van der Waals surface area (Å²) in [5, 5.41) is 0. The van der Waals surface area contributed by atoms with Gasteiger partial charge in [0.05, 0.1) is 5.69 Å². The van der Waals surface area contributed by atoms with E-state index in [0.29, 0.717) is 12.4 Å². The van der Waals surface area contributed by atoms with Gasteiger partial charge in [-0.15, -0.1) is 11.8 Å². The number of nitrogen functional groups attached to an aromatic ring is 1. The Morgan fingerprint density at radius 2 is 1.82 bits per heavy atom. The topological polar surface area (TPSA) is 64.9 Å². The number of nitrogens with zero attached hydrogens (tertiary/aromatic N) is 1. The smallest absolute Gasteiger partial charge is 0.128 e. The van der Waals surface area contributed by atoms with E-state index >= 15 is 0 Å². The summed E-state index contributed by atoms with van der Waals surface area (Å²) in [4.78, 5) is 5.60. The molecule has 1 aromatic heterocycles. The molecule has 2 rings (SSSR count). The second-order valence-electron chi connectivity index (χ2n) is 3.67. The average Bonchev–Trinajstić information content (AvgIpc) is 2.39. The molecule has 0 aliphatic heterocycles. The van der Waals surface area contributed by atoms with E-state index in [1.807, 2.05) is 12.1 Å². The van der Waals surface area contributed by atoms with E-state index < -0.39 is 0 Å². The molecule has 0 amide bonds. The molecule has 88 valence electrons. The predicted molar refractivity (Wildman–Crippen MR) is 73.8 cm³/mol. The van der Waals surface area contributed by atoms with Crippen LogP contribution in [0, 0.1) is 0 Å². The molecule has 0 spiro atoms. The molecule has 0 aliphatic rings. The van der Waals surface area contributed by atoms with Crippen molar-refractivity contribution in [3.8, 4) is 11.3 Å². The van der Waals surface area contributed by atoms with Crippen molar-refractivity contribution in [2.45, 2.75) is 11.4 Å². The van der Waals surface area contributed by atoms with Crippen molar-refractivity contribution in [2.75, 3.05) is 12.0 Å². The number of hydrogen-bond donors (Lipinski definition) is 2. The Morgan fingerprint density at radius 1 is 1.12 bits per heavy atom. The first kappa shape index (κ1) is 12.0. The first-order valence-electron chi connectivity index (χ1n) is 5.34.